The lowest BCUT2D eigenvalue weighted by Crippen LogP contribution is -2.52. The molecule has 1 aromatic rings. The Morgan fingerprint density at radius 3 is 2.72 bits per heavy atom. The van der Waals surface area contributed by atoms with Crippen LogP contribution in [0.25, 0.3) is 0 Å². The van der Waals surface area contributed by atoms with Crippen molar-refractivity contribution in [2.75, 3.05) is 19.6 Å². The van der Waals surface area contributed by atoms with E-state index in [2.05, 4.69) is 34.7 Å². The Labute approximate surface area is 174 Å². The zero-order valence-corrected chi connectivity index (χ0v) is 18.1. The van der Waals surface area contributed by atoms with E-state index in [1.807, 2.05) is 6.07 Å². The predicted octanol–water partition coefficient (Wildman–Crippen LogP) is 3.69. The molecule has 0 aromatic carbocycles. The highest BCUT2D eigenvalue weighted by molar-refractivity contribution is 5.78. The maximum atomic E-state index is 12.7. The van der Waals surface area contributed by atoms with E-state index in [-0.39, 0.29) is 17.5 Å². The number of fused-ring (bicyclic) bond motifs is 4. The maximum Gasteiger partial charge on any atom is 0.250 e. The molecular weight excluding hydrogens is 362 g/mol. The molecule has 2 bridgehead atoms. The summed E-state index contributed by atoms with van der Waals surface area (Å²) in [6.45, 7) is 6.82. The molecule has 0 radical (unpaired) electrons. The lowest BCUT2D eigenvalue weighted by atomic mass is 9.76. The fourth-order valence-corrected chi connectivity index (χ4v) is 5.86. The first-order valence-corrected chi connectivity index (χ1v) is 11.7. The van der Waals surface area contributed by atoms with Crippen LogP contribution in [-0.4, -0.2) is 41.1 Å². The van der Waals surface area contributed by atoms with Crippen molar-refractivity contribution in [3.8, 4) is 0 Å². The number of hydrogen-bond acceptors (Lipinski definition) is 3. The Hall–Kier alpha value is -1.62. The number of aromatic nitrogens is 1. The number of hydrogen-bond donors (Lipinski definition) is 1. The number of carbonyl (C=O) groups is 1. The summed E-state index contributed by atoms with van der Waals surface area (Å²) in [6, 6.07) is 6.39. The monoisotopic (exact) mass is 399 g/mol. The van der Waals surface area contributed by atoms with Gasteiger partial charge in [0.05, 0.1) is 6.54 Å². The third-order valence-electron chi connectivity index (χ3n) is 7.25. The van der Waals surface area contributed by atoms with Gasteiger partial charge in [0.2, 0.25) is 5.91 Å². The Morgan fingerprint density at radius 1 is 1.17 bits per heavy atom. The van der Waals surface area contributed by atoms with Gasteiger partial charge in [-0.05, 0) is 50.0 Å². The van der Waals surface area contributed by atoms with E-state index < -0.39 is 0 Å². The van der Waals surface area contributed by atoms with E-state index in [0.717, 1.165) is 45.2 Å². The van der Waals surface area contributed by atoms with E-state index in [0.29, 0.717) is 30.3 Å². The largest absolute Gasteiger partial charge is 0.352 e. The highest BCUT2D eigenvalue weighted by Gasteiger charge is 2.40. The van der Waals surface area contributed by atoms with Gasteiger partial charge in [-0.1, -0.05) is 39.2 Å². The summed E-state index contributed by atoms with van der Waals surface area (Å²) in [5.41, 5.74) is 1.33. The lowest BCUT2D eigenvalue weighted by Gasteiger charge is -2.47. The summed E-state index contributed by atoms with van der Waals surface area (Å²) >= 11 is 0. The summed E-state index contributed by atoms with van der Waals surface area (Å²) in [4.78, 5) is 27.8. The second-order valence-corrected chi connectivity index (χ2v) is 9.99. The zero-order valence-electron chi connectivity index (χ0n) is 18.1. The van der Waals surface area contributed by atoms with E-state index in [4.69, 9.17) is 0 Å². The zero-order chi connectivity index (χ0) is 20.4. The number of rotatable bonds is 6. The summed E-state index contributed by atoms with van der Waals surface area (Å²) in [6.07, 6.45) is 9.37. The van der Waals surface area contributed by atoms with Gasteiger partial charge >= 0.3 is 0 Å². The molecule has 0 spiro atoms. The summed E-state index contributed by atoms with van der Waals surface area (Å²) in [5, 5.41) is 3.28. The first-order valence-electron chi connectivity index (χ1n) is 11.7. The molecule has 29 heavy (non-hydrogen) atoms. The van der Waals surface area contributed by atoms with Gasteiger partial charge < -0.3 is 9.88 Å². The molecule has 3 aliphatic rings. The number of nitrogens with zero attached hydrogens (tertiary/aromatic N) is 2. The minimum absolute atomic E-state index is 0.148. The smallest absolute Gasteiger partial charge is 0.250 e. The molecule has 5 heteroatoms. The minimum Gasteiger partial charge on any atom is -0.352 e. The average Bonchev–Trinajstić information content (AvgIpc) is 2.69. The number of nitrogens with one attached hydrogen (secondary N) is 1. The van der Waals surface area contributed by atoms with Crippen molar-refractivity contribution in [1.82, 2.24) is 14.8 Å². The number of amides is 1. The van der Waals surface area contributed by atoms with Crippen molar-refractivity contribution >= 4 is 5.91 Å². The van der Waals surface area contributed by atoms with Crippen LogP contribution in [0.1, 0.15) is 82.9 Å². The van der Waals surface area contributed by atoms with Crippen LogP contribution in [0, 0.1) is 11.8 Å². The van der Waals surface area contributed by atoms with Gasteiger partial charge in [-0.2, -0.15) is 0 Å². The van der Waals surface area contributed by atoms with Crippen LogP contribution in [-0.2, 0) is 4.79 Å². The third-order valence-corrected chi connectivity index (χ3v) is 7.25. The predicted molar refractivity (Wildman–Crippen MR) is 116 cm³/mol. The summed E-state index contributed by atoms with van der Waals surface area (Å²) in [5.74, 6) is 1.64. The lowest BCUT2D eigenvalue weighted by molar-refractivity contribution is -0.124. The molecule has 1 saturated carbocycles. The quantitative estimate of drug-likeness (QED) is 0.794. The average molecular weight is 400 g/mol. The summed E-state index contributed by atoms with van der Waals surface area (Å²) < 4.78 is 2.10. The van der Waals surface area contributed by atoms with Crippen molar-refractivity contribution in [2.24, 2.45) is 11.8 Å². The fourth-order valence-electron chi connectivity index (χ4n) is 5.86. The second-order valence-electron chi connectivity index (χ2n) is 9.99. The third kappa shape index (κ3) is 4.76. The summed E-state index contributed by atoms with van der Waals surface area (Å²) in [7, 11) is 0. The highest BCUT2D eigenvalue weighted by atomic mass is 16.2. The van der Waals surface area contributed by atoms with Crippen LogP contribution >= 0.6 is 0 Å². The Balaban J connectivity index is 1.47. The molecule has 4 rings (SSSR count). The van der Waals surface area contributed by atoms with Crippen molar-refractivity contribution in [3.63, 3.8) is 0 Å². The van der Waals surface area contributed by atoms with Crippen LogP contribution in [0.4, 0.5) is 0 Å². The van der Waals surface area contributed by atoms with Gasteiger partial charge in [0.15, 0.2) is 0 Å². The minimum atomic E-state index is 0.148. The molecule has 1 N–H and O–H groups in total. The maximum absolute atomic E-state index is 12.7. The molecule has 2 fully saturated rings. The molecule has 2 aliphatic heterocycles. The number of pyridine rings is 1. The normalized spacial score (nSPS) is 27.6. The van der Waals surface area contributed by atoms with Gasteiger partial charge in [-0.15, -0.1) is 0 Å². The Bertz CT molecular complexity index is 766. The van der Waals surface area contributed by atoms with Gasteiger partial charge in [-0.3, -0.25) is 14.5 Å². The topological polar surface area (TPSA) is 54.3 Å². The fraction of sp³-hybridized carbons (Fsp3) is 0.750. The number of piperidine rings is 1. The SMILES string of the molecule is CC(C)CC[C@H]1[C@H]2C[C@H](CN(CC(=O)NC3CCCCC3)C2)c2cccc(=O)n21. The molecule has 160 valence electrons. The highest BCUT2D eigenvalue weighted by Crippen LogP contribution is 2.43. The Kier molecular flexibility index (Phi) is 6.43. The van der Waals surface area contributed by atoms with Crippen molar-refractivity contribution in [3.05, 3.63) is 34.2 Å². The van der Waals surface area contributed by atoms with Gasteiger partial charge in [-0.25, -0.2) is 0 Å². The Morgan fingerprint density at radius 2 is 1.97 bits per heavy atom. The number of likely N-dealkylation sites (tertiary alicyclic amines) is 1. The van der Waals surface area contributed by atoms with Crippen LogP contribution in [0.15, 0.2) is 23.0 Å². The van der Waals surface area contributed by atoms with Crippen LogP contribution in [0.2, 0.25) is 0 Å². The molecule has 3 atom stereocenters. The van der Waals surface area contributed by atoms with E-state index in [1.54, 1.807) is 6.07 Å². The molecule has 0 unspecified atom stereocenters. The van der Waals surface area contributed by atoms with Crippen LogP contribution in [0.5, 0.6) is 0 Å². The first kappa shape index (κ1) is 20.6. The standard InChI is InChI=1S/C24H37N3O2/c1-17(2)11-12-22-19-13-18(21-9-6-10-24(29)27(21)22)14-26(15-19)16-23(28)25-20-7-4-3-5-8-20/h6,9-10,17-20,22H,3-5,7-8,11-16H2,1-2H3,(H,25,28)/t18-,19+,22+/m1/s1. The second kappa shape index (κ2) is 9.03. The van der Waals surface area contributed by atoms with Gasteiger partial charge in [0.25, 0.3) is 5.56 Å². The van der Waals surface area contributed by atoms with Gasteiger partial charge in [0.1, 0.15) is 0 Å². The van der Waals surface area contributed by atoms with Gasteiger partial charge in [0, 0.05) is 42.9 Å². The molecule has 1 aliphatic carbocycles. The van der Waals surface area contributed by atoms with E-state index >= 15 is 0 Å². The first-order chi connectivity index (χ1) is 14.0. The van der Waals surface area contributed by atoms with Crippen LogP contribution < -0.4 is 10.9 Å². The van der Waals surface area contributed by atoms with Crippen molar-refractivity contribution in [1.29, 1.82) is 0 Å². The van der Waals surface area contributed by atoms with Crippen molar-refractivity contribution < 1.29 is 4.79 Å². The molecule has 1 amide bonds. The van der Waals surface area contributed by atoms with E-state index in [9.17, 15) is 9.59 Å². The molecule has 1 aromatic heterocycles. The molecular formula is C24H37N3O2. The molecule has 1 saturated heterocycles. The molecule has 5 nitrogen and oxygen atoms in total. The van der Waals surface area contributed by atoms with E-state index in [1.165, 1.54) is 25.0 Å². The van der Waals surface area contributed by atoms with Crippen LogP contribution in [0.3, 0.4) is 0 Å². The molecule has 3 heterocycles. The number of carbonyl (C=O) groups excluding carboxylic acids is 1. The van der Waals surface area contributed by atoms with Crippen molar-refractivity contribution in [2.45, 2.75) is 83.2 Å².